The lowest BCUT2D eigenvalue weighted by atomic mass is 9.40. The molecule has 3 heteroatoms. The Kier molecular flexibility index (Phi) is 3.44. The van der Waals surface area contributed by atoms with Crippen molar-refractivity contribution >= 4 is 5.91 Å². The van der Waals surface area contributed by atoms with E-state index < -0.39 is 6.10 Å². The van der Waals surface area contributed by atoms with E-state index in [1.54, 1.807) is 11.8 Å². The first-order valence-corrected chi connectivity index (χ1v) is 8.55. The van der Waals surface area contributed by atoms with E-state index in [2.05, 4.69) is 13.8 Å². The van der Waals surface area contributed by atoms with Gasteiger partial charge in [0.15, 0.2) is 0 Å². The number of amides is 1. The SMILES string of the molecule is CC(O)CN(C)C(=O)CC12CC3CC(C)(CC(C)(C3)C1)C2. The average Bonchev–Trinajstić information content (AvgIpc) is 2.21. The van der Waals surface area contributed by atoms with Crippen molar-refractivity contribution in [2.45, 2.75) is 71.8 Å². The van der Waals surface area contributed by atoms with E-state index in [0.717, 1.165) is 5.92 Å². The molecule has 4 saturated carbocycles. The number of nitrogens with zero attached hydrogens (tertiary/aromatic N) is 1. The van der Waals surface area contributed by atoms with E-state index in [1.165, 1.54) is 38.5 Å². The summed E-state index contributed by atoms with van der Waals surface area (Å²) in [6, 6.07) is 0. The first-order valence-electron chi connectivity index (χ1n) is 8.55. The van der Waals surface area contributed by atoms with Gasteiger partial charge in [0.2, 0.25) is 5.91 Å². The molecule has 1 amide bonds. The number of hydrogen-bond acceptors (Lipinski definition) is 2. The van der Waals surface area contributed by atoms with Gasteiger partial charge in [-0.3, -0.25) is 4.79 Å². The van der Waals surface area contributed by atoms with Gasteiger partial charge in [0.05, 0.1) is 6.10 Å². The van der Waals surface area contributed by atoms with Crippen molar-refractivity contribution in [2.75, 3.05) is 13.6 Å². The zero-order chi connectivity index (χ0) is 15.5. The number of aliphatic hydroxyl groups is 1. The van der Waals surface area contributed by atoms with Gasteiger partial charge in [-0.05, 0) is 67.6 Å². The highest BCUT2D eigenvalue weighted by atomic mass is 16.3. The van der Waals surface area contributed by atoms with E-state index in [0.29, 0.717) is 23.8 Å². The van der Waals surface area contributed by atoms with Crippen LogP contribution in [0.25, 0.3) is 0 Å². The highest BCUT2D eigenvalue weighted by molar-refractivity contribution is 5.76. The Morgan fingerprint density at radius 3 is 2.24 bits per heavy atom. The monoisotopic (exact) mass is 293 g/mol. The molecule has 0 spiro atoms. The normalized spacial score (nSPS) is 45.7. The van der Waals surface area contributed by atoms with Crippen molar-refractivity contribution < 1.29 is 9.90 Å². The predicted molar refractivity (Wildman–Crippen MR) is 83.8 cm³/mol. The molecule has 4 aliphatic rings. The molecule has 21 heavy (non-hydrogen) atoms. The molecule has 0 aromatic carbocycles. The molecule has 0 heterocycles. The highest BCUT2D eigenvalue weighted by Gasteiger charge is 2.60. The first-order chi connectivity index (χ1) is 9.63. The van der Waals surface area contributed by atoms with Crippen molar-refractivity contribution in [1.29, 1.82) is 0 Å². The van der Waals surface area contributed by atoms with Crippen LogP contribution in [0.4, 0.5) is 0 Å². The lowest BCUT2D eigenvalue weighted by Gasteiger charge is -2.65. The minimum Gasteiger partial charge on any atom is -0.392 e. The maximum Gasteiger partial charge on any atom is 0.222 e. The molecule has 0 saturated heterocycles. The second kappa shape index (κ2) is 4.71. The summed E-state index contributed by atoms with van der Waals surface area (Å²) in [6.07, 6.45) is 8.09. The van der Waals surface area contributed by atoms with Crippen molar-refractivity contribution in [2.24, 2.45) is 22.2 Å². The summed E-state index contributed by atoms with van der Waals surface area (Å²) in [5.41, 5.74) is 1.18. The van der Waals surface area contributed by atoms with E-state index in [4.69, 9.17) is 0 Å². The first kappa shape index (κ1) is 15.3. The van der Waals surface area contributed by atoms with Crippen LogP contribution in [0.5, 0.6) is 0 Å². The third-order valence-electron chi connectivity index (χ3n) is 6.23. The van der Waals surface area contributed by atoms with Crippen LogP contribution >= 0.6 is 0 Å². The number of carbonyl (C=O) groups excluding carboxylic acids is 1. The second-order valence-corrected chi connectivity index (χ2v) is 9.43. The minimum absolute atomic E-state index is 0.227. The number of rotatable bonds is 4. The zero-order valence-electron chi connectivity index (χ0n) is 14.1. The van der Waals surface area contributed by atoms with Gasteiger partial charge in [0, 0.05) is 20.0 Å². The fourth-order valence-corrected chi connectivity index (χ4v) is 6.84. The van der Waals surface area contributed by atoms with Gasteiger partial charge < -0.3 is 10.0 Å². The van der Waals surface area contributed by atoms with Crippen molar-refractivity contribution in [1.82, 2.24) is 4.90 Å². The molecule has 3 nitrogen and oxygen atoms in total. The summed E-state index contributed by atoms with van der Waals surface area (Å²) in [5, 5.41) is 9.49. The third kappa shape index (κ3) is 2.86. The van der Waals surface area contributed by atoms with Gasteiger partial charge in [0.1, 0.15) is 0 Å². The van der Waals surface area contributed by atoms with Gasteiger partial charge in [-0.1, -0.05) is 13.8 Å². The Labute approximate surface area is 129 Å². The Morgan fingerprint density at radius 1 is 1.19 bits per heavy atom. The van der Waals surface area contributed by atoms with Crippen LogP contribution in [-0.4, -0.2) is 35.6 Å². The maximum atomic E-state index is 12.6. The number of carbonyl (C=O) groups is 1. The standard InChI is InChI=1S/C18H31NO2/c1-13(20)9-19(4)15(21)8-18-7-14-5-16(2,11-18)10-17(3,6-14)12-18/h13-14,20H,5-12H2,1-4H3. The van der Waals surface area contributed by atoms with Gasteiger partial charge in [-0.25, -0.2) is 0 Å². The molecule has 0 aromatic heterocycles. The summed E-state index contributed by atoms with van der Waals surface area (Å²) in [5.74, 6) is 1.07. The zero-order valence-corrected chi connectivity index (χ0v) is 14.1. The topological polar surface area (TPSA) is 40.5 Å². The average molecular weight is 293 g/mol. The summed E-state index contributed by atoms with van der Waals surface area (Å²) in [6.45, 7) is 7.10. The fourth-order valence-electron chi connectivity index (χ4n) is 6.84. The van der Waals surface area contributed by atoms with Crippen LogP contribution in [0.2, 0.25) is 0 Å². The van der Waals surface area contributed by atoms with Crippen molar-refractivity contribution in [3.05, 3.63) is 0 Å². The van der Waals surface area contributed by atoms with Crippen LogP contribution in [0.3, 0.4) is 0 Å². The molecule has 0 radical (unpaired) electrons. The molecule has 120 valence electrons. The maximum absolute atomic E-state index is 12.6. The molecule has 4 rings (SSSR count). The van der Waals surface area contributed by atoms with Gasteiger partial charge in [0.25, 0.3) is 0 Å². The summed E-state index contributed by atoms with van der Waals surface area (Å²) in [4.78, 5) is 14.3. The van der Waals surface area contributed by atoms with E-state index in [9.17, 15) is 9.90 Å². The molecule has 3 unspecified atom stereocenters. The molecule has 4 bridgehead atoms. The van der Waals surface area contributed by atoms with Crippen LogP contribution < -0.4 is 0 Å². The molecule has 1 N–H and O–H groups in total. The minimum atomic E-state index is -0.439. The van der Waals surface area contributed by atoms with Crippen LogP contribution in [0.15, 0.2) is 0 Å². The number of likely N-dealkylation sites (N-methyl/N-ethyl adjacent to an activating group) is 1. The second-order valence-electron chi connectivity index (χ2n) is 9.43. The summed E-state index contributed by atoms with van der Waals surface area (Å²) in [7, 11) is 1.83. The molecular formula is C18H31NO2. The smallest absolute Gasteiger partial charge is 0.222 e. The fraction of sp³-hybridized carbons (Fsp3) is 0.944. The highest BCUT2D eigenvalue weighted by Crippen LogP contribution is 2.70. The Balaban J connectivity index is 1.74. The Hall–Kier alpha value is -0.570. The van der Waals surface area contributed by atoms with Crippen LogP contribution in [0.1, 0.15) is 65.7 Å². The van der Waals surface area contributed by atoms with E-state index >= 15 is 0 Å². The molecule has 0 aliphatic heterocycles. The van der Waals surface area contributed by atoms with Gasteiger partial charge in [-0.15, -0.1) is 0 Å². The van der Waals surface area contributed by atoms with Gasteiger partial charge >= 0.3 is 0 Å². The van der Waals surface area contributed by atoms with E-state index in [-0.39, 0.29) is 11.3 Å². The van der Waals surface area contributed by atoms with Crippen molar-refractivity contribution in [3.8, 4) is 0 Å². The summed E-state index contributed by atoms with van der Waals surface area (Å²) >= 11 is 0. The van der Waals surface area contributed by atoms with E-state index in [1.807, 2.05) is 7.05 Å². The van der Waals surface area contributed by atoms with Crippen LogP contribution in [-0.2, 0) is 4.79 Å². The lowest BCUT2D eigenvalue weighted by molar-refractivity contribution is -0.160. The molecular weight excluding hydrogens is 262 g/mol. The quantitative estimate of drug-likeness (QED) is 0.864. The van der Waals surface area contributed by atoms with Crippen LogP contribution in [0, 0.1) is 22.2 Å². The van der Waals surface area contributed by atoms with Crippen molar-refractivity contribution in [3.63, 3.8) is 0 Å². The number of hydrogen-bond donors (Lipinski definition) is 1. The number of aliphatic hydroxyl groups excluding tert-OH is 1. The largest absolute Gasteiger partial charge is 0.392 e. The lowest BCUT2D eigenvalue weighted by Crippen LogP contribution is -2.56. The predicted octanol–water partition coefficient (Wildman–Crippen LogP) is 3.21. The molecule has 4 aliphatic carbocycles. The molecule has 0 aromatic rings. The summed E-state index contributed by atoms with van der Waals surface area (Å²) < 4.78 is 0. The molecule has 4 fully saturated rings. The van der Waals surface area contributed by atoms with Gasteiger partial charge in [-0.2, -0.15) is 0 Å². The Morgan fingerprint density at radius 2 is 1.76 bits per heavy atom. The Bertz CT molecular complexity index is 426. The third-order valence-corrected chi connectivity index (χ3v) is 6.23. The molecule has 3 atom stereocenters.